The summed E-state index contributed by atoms with van der Waals surface area (Å²) in [7, 11) is -4.23. The Kier molecular flexibility index (Phi) is 4.81. The fourth-order valence-electron chi connectivity index (χ4n) is 5.21. The number of aryl methyl sites for hydroxylation is 1. The molecule has 2 fully saturated rings. The van der Waals surface area contributed by atoms with Crippen LogP contribution in [0.15, 0.2) is 23.1 Å². The molecule has 0 saturated heterocycles. The van der Waals surface area contributed by atoms with Crippen LogP contribution in [0.5, 0.6) is 0 Å². The second kappa shape index (κ2) is 6.49. The van der Waals surface area contributed by atoms with Crippen LogP contribution in [-0.2, 0) is 16.5 Å². The van der Waals surface area contributed by atoms with E-state index in [0.717, 1.165) is 31.2 Å². The number of nitrogens with two attached hydrogens (primary N) is 1. The third-order valence-corrected chi connectivity index (χ3v) is 7.01. The van der Waals surface area contributed by atoms with Gasteiger partial charge in [-0.15, -0.1) is 0 Å². The Balaban J connectivity index is 1.93. The van der Waals surface area contributed by atoms with Gasteiger partial charge in [-0.3, -0.25) is 4.55 Å². The van der Waals surface area contributed by atoms with Crippen LogP contribution in [0.2, 0.25) is 0 Å². The molecule has 1 aromatic rings. The molecular weight excluding hydrogens is 336 g/mol. The molecule has 2 aliphatic rings. The molecule has 0 aromatic heterocycles. The summed E-state index contributed by atoms with van der Waals surface area (Å²) >= 11 is 0. The van der Waals surface area contributed by atoms with Gasteiger partial charge in [-0.05, 0) is 87.5 Å². The first-order chi connectivity index (χ1) is 11.6. The smallest absolute Gasteiger partial charge is 0.294 e. The van der Waals surface area contributed by atoms with E-state index in [9.17, 15) is 13.0 Å². The Bertz CT molecular complexity index is 773. The highest BCUT2D eigenvalue weighted by molar-refractivity contribution is 7.85. The van der Waals surface area contributed by atoms with Crippen LogP contribution in [0.3, 0.4) is 0 Å². The average Bonchev–Trinajstić information content (AvgIpc) is 2.87. The molecule has 4 N–H and O–H groups in total. The van der Waals surface area contributed by atoms with E-state index in [-0.39, 0.29) is 16.4 Å². The number of fused-ring (bicyclic) bond motifs is 1. The van der Waals surface area contributed by atoms with Crippen molar-refractivity contribution in [2.24, 2.45) is 29.4 Å². The minimum Gasteiger partial charge on any atom is -0.325 e. The third-order valence-electron chi connectivity index (χ3n) is 6.06. The van der Waals surface area contributed by atoms with Crippen molar-refractivity contribution in [2.75, 3.05) is 0 Å². The molecule has 3 rings (SSSR count). The van der Waals surface area contributed by atoms with Gasteiger partial charge in [0.05, 0.1) is 4.90 Å². The largest absolute Gasteiger partial charge is 0.325 e. The zero-order valence-corrected chi connectivity index (χ0v) is 15.7. The Labute approximate surface area is 150 Å². The molecule has 0 bridgehead atoms. The fourth-order valence-corrected chi connectivity index (χ4v) is 5.92. The van der Waals surface area contributed by atoms with E-state index in [1.807, 2.05) is 13.0 Å². The molecule has 0 heterocycles. The zero-order valence-electron chi connectivity index (χ0n) is 14.9. The zero-order chi connectivity index (χ0) is 18.4. The van der Waals surface area contributed by atoms with Crippen LogP contribution in [0.25, 0.3) is 0 Å². The highest BCUT2D eigenvalue weighted by Crippen LogP contribution is 2.51. The van der Waals surface area contributed by atoms with Gasteiger partial charge in [-0.25, -0.2) is 0 Å². The van der Waals surface area contributed by atoms with E-state index in [1.165, 1.54) is 6.07 Å². The summed E-state index contributed by atoms with van der Waals surface area (Å²) in [5.74, 6) is 1.56. The number of benzene rings is 1. The molecule has 5 atom stereocenters. The van der Waals surface area contributed by atoms with Crippen LogP contribution in [-0.4, -0.2) is 24.7 Å². The van der Waals surface area contributed by atoms with E-state index in [0.29, 0.717) is 29.7 Å². The van der Waals surface area contributed by atoms with Crippen molar-refractivity contribution in [2.45, 2.75) is 56.4 Å². The lowest BCUT2D eigenvalue weighted by Crippen LogP contribution is -2.47. The lowest BCUT2D eigenvalue weighted by atomic mass is 9.65. The van der Waals surface area contributed by atoms with Crippen molar-refractivity contribution in [3.05, 3.63) is 29.3 Å². The maximum Gasteiger partial charge on any atom is 0.294 e. The summed E-state index contributed by atoms with van der Waals surface area (Å²) in [6.07, 6.45) is 5.97. The van der Waals surface area contributed by atoms with Crippen LogP contribution in [0.4, 0.5) is 0 Å². The highest BCUT2D eigenvalue weighted by atomic mass is 32.2. The lowest BCUT2D eigenvalue weighted by Gasteiger charge is -2.43. The average molecular weight is 365 g/mol. The van der Waals surface area contributed by atoms with Crippen LogP contribution in [0.1, 0.15) is 43.7 Å². The third kappa shape index (κ3) is 3.96. The highest BCUT2D eigenvalue weighted by Gasteiger charge is 2.46. The first-order valence-electron chi connectivity index (χ1n) is 8.95. The van der Waals surface area contributed by atoms with Crippen molar-refractivity contribution in [3.63, 3.8) is 0 Å². The summed E-state index contributed by atoms with van der Waals surface area (Å²) in [5, 5.41) is 7.61. The number of hydrogen-bond acceptors (Lipinski definition) is 4. The first-order valence-corrected chi connectivity index (χ1v) is 10.4. The van der Waals surface area contributed by atoms with Gasteiger partial charge in [0, 0.05) is 5.54 Å². The summed E-state index contributed by atoms with van der Waals surface area (Å²) in [6.45, 7) is 4.00. The SMILES string of the molecule is Cc1ccc(S(=O)(=O)O)c(CC2CC(C)(N)CC3CC(C=N)CC23)c1. The minimum absolute atomic E-state index is 0.0144. The van der Waals surface area contributed by atoms with Crippen LogP contribution < -0.4 is 5.73 Å². The van der Waals surface area contributed by atoms with Gasteiger partial charge in [-0.2, -0.15) is 8.42 Å². The van der Waals surface area contributed by atoms with E-state index in [1.54, 1.807) is 12.3 Å². The molecule has 5 nitrogen and oxygen atoms in total. The van der Waals surface area contributed by atoms with E-state index in [4.69, 9.17) is 11.1 Å². The standard InChI is InChI=1S/C19H28N2O3S/c1-12-3-4-18(25(22,23)24)14(5-12)8-16-10-19(2,21)9-15-6-13(11-20)7-17(15)16/h3-5,11,13,15-17,20H,6-10,21H2,1-2H3,(H,22,23,24). The van der Waals surface area contributed by atoms with Crippen LogP contribution >= 0.6 is 0 Å². The Morgan fingerprint density at radius 3 is 2.72 bits per heavy atom. The number of nitrogens with one attached hydrogen (secondary N) is 1. The van der Waals surface area contributed by atoms with Crippen molar-refractivity contribution in [1.82, 2.24) is 0 Å². The van der Waals surface area contributed by atoms with E-state index >= 15 is 0 Å². The fraction of sp³-hybridized carbons (Fsp3) is 0.632. The molecule has 0 aliphatic heterocycles. The topological polar surface area (TPSA) is 104 Å². The predicted molar refractivity (Wildman–Crippen MR) is 98.5 cm³/mol. The molecule has 2 saturated carbocycles. The maximum absolute atomic E-state index is 11.8. The maximum atomic E-state index is 11.8. The minimum atomic E-state index is -4.23. The van der Waals surface area contributed by atoms with Crippen molar-refractivity contribution < 1.29 is 13.0 Å². The van der Waals surface area contributed by atoms with Gasteiger partial charge >= 0.3 is 0 Å². The predicted octanol–water partition coefficient (Wildman–Crippen LogP) is 3.20. The summed E-state index contributed by atoms with van der Waals surface area (Å²) < 4.78 is 33.1. The van der Waals surface area contributed by atoms with Gasteiger partial charge in [0.2, 0.25) is 0 Å². The monoisotopic (exact) mass is 364 g/mol. The summed E-state index contributed by atoms with van der Waals surface area (Å²) in [6, 6.07) is 5.07. The van der Waals surface area contributed by atoms with Gasteiger partial charge in [-0.1, -0.05) is 17.7 Å². The molecule has 25 heavy (non-hydrogen) atoms. The second-order valence-corrected chi connectivity index (χ2v) is 9.82. The van der Waals surface area contributed by atoms with E-state index < -0.39 is 10.1 Å². The van der Waals surface area contributed by atoms with E-state index in [2.05, 4.69) is 6.92 Å². The molecule has 2 aliphatic carbocycles. The number of rotatable bonds is 4. The van der Waals surface area contributed by atoms with Gasteiger partial charge in [0.15, 0.2) is 0 Å². The van der Waals surface area contributed by atoms with Crippen molar-refractivity contribution in [3.8, 4) is 0 Å². The summed E-state index contributed by atoms with van der Waals surface area (Å²) in [5.41, 5.74) is 7.90. The Morgan fingerprint density at radius 2 is 2.08 bits per heavy atom. The van der Waals surface area contributed by atoms with Crippen molar-refractivity contribution >= 4 is 16.3 Å². The summed E-state index contributed by atoms with van der Waals surface area (Å²) in [4.78, 5) is 0.0144. The lowest BCUT2D eigenvalue weighted by molar-refractivity contribution is 0.115. The molecule has 0 amide bonds. The quantitative estimate of drug-likeness (QED) is 0.563. The van der Waals surface area contributed by atoms with Crippen molar-refractivity contribution in [1.29, 1.82) is 5.41 Å². The van der Waals surface area contributed by atoms with Gasteiger partial charge in [0.25, 0.3) is 10.1 Å². The second-order valence-electron chi connectivity index (χ2n) is 8.43. The van der Waals surface area contributed by atoms with Gasteiger partial charge < -0.3 is 11.1 Å². The Morgan fingerprint density at radius 1 is 1.36 bits per heavy atom. The van der Waals surface area contributed by atoms with Gasteiger partial charge in [0.1, 0.15) is 0 Å². The normalized spacial score (nSPS) is 35.4. The van der Waals surface area contributed by atoms with Crippen LogP contribution in [0, 0.1) is 36.0 Å². The molecule has 0 spiro atoms. The molecule has 0 radical (unpaired) electrons. The molecule has 1 aromatic carbocycles. The molecule has 6 heteroatoms. The molecule has 138 valence electrons. The molecule has 5 unspecified atom stereocenters. The number of hydrogen-bond donors (Lipinski definition) is 3. The molecular formula is C19H28N2O3S. The Hall–Kier alpha value is -1.24. The first kappa shape index (κ1) is 18.5.